The summed E-state index contributed by atoms with van der Waals surface area (Å²) in [5.74, 6) is 1.13. The van der Waals surface area contributed by atoms with E-state index in [-0.39, 0.29) is 18.4 Å². The van der Waals surface area contributed by atoms with Crippen LogP contribution in [-0.2, 0) is 4.43 Å². The van der Waals surface area contributed by atoms with Crippen LogP contribution >= 0.6 is 22.6 Å². The molecule has 1 aliphatic rings. The summed E-state index contributed by atoms with van der Waals surface area (Å²) in [5.41, 5.74) is 2.29. The maximum absolute atomic E-state index is 9.20. The minimum absolute atomic E-state index is 0.0213. The highest BCUT2D eigenvalue weighted by atomic mass is 127. The van der Waals surface area contributed by atoms with Crippen LogP contribution in [0.15, 0.2) is 53.6 Å². The van der Waals surface area contributed by atoms with E-state index in [9.17, 15) is 5.11 Å². The van der Waals surface area contributed by atoms with Gasteiger partial charge in [-0.1, -0.05) is 66.0 Å². The van der Waals surface area contributed by atoms with Crippen molar-refractivity contribution in [3.63, 3.8) is 0 Å². The van der Waals surface area contributed by atoms with Gasteiger partial charge < -0.3 is 10.0 Å². The monoisotopic (exact) mass is 423 g/mol. The summed E-state index contributed by atoms with van der Waals surface area (Å²) in [6.45, 7) is 1.78. The van der Waals surface area contributed by atoms with Gasteiger partial charge in [0, 0.05) is 23.1 Å². The fourth-order valence-corrected chi connectivity index (χ4v) is 3.04. The summed E-state index contributed by atoms with van der Waals surface area (Å²) in [6.07, 6.45) is 8.29. The zero-order valence-electron chi connectivity index (χ0n) is 13.4. The van der Waals surface area contributed by atoms with E-state index in [4.69, 9.17) is 5.41 Å². The average molecular weight is 423 g/mol. The Morgan fingerprint density at radius 2 is 2.09 bits per heavy atom. The van der Waals surface area contributed by atoms with Gasteiger partial charge in [-0.15, -0.1) is 0 Å². The molecule has 2 atom stereocenters. The molecule has 5 heteroatoms. The van der Waals surface area contributed by atoms with Gasteiger partial charge >= 0.3 is 0 Å². The number of alkyl halides is 1. The lowest BCUT2D eigenvalue weighted by atomic mass is 9.88. The third-order valence-corrected chi connectivity index (χ3v) is 4.78. The summed E-state index contributed by atoms with van der Waals surface area (Å²) < 4.78 is 0.945. The number of benzene rings is 1. The quantitative estimate of drug-likeness (QED) is 0.335. The Balaban J connectivity index is 2.40. The Hall–Kier alpha value is -1.47. The topological polar surface area (TPSA) is 59.7 Å². The van der Waals surface area contributed by atoms with E-state index in [1.807, 2.05) is 36.2 Å². The van der Waals surface area contributed by atoms with Crippen LogP contribution in [0.5, 0.6) is 0 Å². The summed E-state index contributed by atoms with van der Waals surface area (Å²) in [7, 11) is 1.97. The van der Waals surface area contributed by atoms with Gasteiger partial charge in [-0.2, -0.15) is 0 Å². The predicted octanol–water partition coefficient (Wildman–Crippen LogP) is 3.80. The molecule has 0 heterocycles. The molecule has 0 spiro atoms. The van der Waals surface area contributed by atoms with E-state index in [0.717, 1.165) is 16.0 Å². The lowest BCUT2D eigenvalue weighted by Gasteiger charge is -2.30. The normalized spacial score (nSPS) is 20.6. The summed E-state index contributed by atoms with van der Waals surface area (Å²) in [5, 5.41) is 17.0. The van der Waals surface area contributed by atoms with Crippen LogP contribution < -0.4 is 4.90 Å². The Kier molecular flexibility index (Phi) is 6.53. The number of halogens is 1. The molecule has 0 aliphatic heterocycles. The fourth-order valence-electron chi connectivity index (χ4n) is 2.57. The van der Waals surface area contributed by atoms with Gasteiger partial charge in [0.2, 0.25) is 0 Å². The molecule has 0 saturated heterocycles. The van der Waals surface area contributed by atoms with Gasteiger partial charge in [-0.25, -0.2) is 4.99 Å². The molecule has 2 N–H and O–H groups in total. The second-order valence-corrected chi connectivity index (χ2v) is 6.35. The van der Waals surface area contributed by atoms with Crippen LogP contribution in [0.3, 0.4) is 0 Å². The Morgan fingerprint density at radius 3 is 2.74 bits per heavy atom. The minimum atomic E-state index is -0.355. The zero-order valence-corrected chi connectivity index (χ0v) is 15.6. The SMILES string of the molecule is CC1C=CC=CC1C(=NC(=N)CO)N(C)c1cccc(CI)c1. The highest BCUT2D eigenvalue weighted by Crippen LogP contribution is 2.26. The van der Waals surface area contributed by atoms with Crippen LogP contribution in [0.4, 0.5) is 5.69 Å². The number of aliphatic hydroxyl groups is 1. The lowest BCUT2D eigenvalue weighted by molar-refractivity contribution is 0.355. The van der Waals surface area contributed by atoms with Crippen molar-refractivity contribution in [3.8, 4) is 0 Å². The molecule has 1 aromatic rings. The number of anilines is 1. The summed E-state index contributed by atoms with van der Waals surface area (Å²) >= 11 is 2.35. The van der Waals surface area contributed by atoms with Gasteiger partial charge in [0.05, 0.1) is 0 Å². The average Bonchev–Trinajstić information content (AvgIpc) is 2.59. The van der Waals surface area contributed by atoms with Crippen LogP contribution in [0, 0.1) is 17.2 Å². The third-order valence-electron chi connectivity index (χ3n) is 3.90. The lowest BCUT2D eigenvalue weighted by Crippen LogP contribution is -2.36. The van der Waals surface area contributed by atoms with Crippen molar-refractivity contribution in [1.29, 1.82) is 5.41 Å². The van der Waals surface area contributed by atoms with Gasteiger partial charge in [-0.05, 0) is 23.6 Å². The van der Waals surface area contributed by atoms with Crippen molar-refractivity contribution < 1.29 is 5.11 Å². The van der Waals surface area contributed by atoms with Crippen LogP contribution in [0.2, 0.25) is 0 Å². The number of hydrogen-bond donors (Lipinski definition) is 2. The zero-order chi connectivity index (χ0) is 16.8. The van der Waals surface area contributed by atoms with Crippen molar-refractivity contribution in [3.05, 3.63) is 54.1 Å². The Bertz CT molecular complexity index is 651. The molecule has 0 fully saturated rings. The highest BCUT2D eigenvalue weighted by Gasteiger charge is 2.24. The van der Waals surface area contributed by atoms with Crippen molar-refractivity contribution >= 4 is 39.9 Å². The molecule has 1 aliphatic carbocycles. The fraction of sp³-hybridized carbons (Fsp3) is 0.333. The van der Waals surface area contributed by atoms with Gasteiger partial charge in [0.25, 0.3) is 0 Å². The van der Waals surface area contributed by atoms with Crippen molar-refractivity contribution in [1.82, 2.24) is 0 Å². The second kappa shape index (κ2) is 8.40. The van der Waals surface area contributed by atoms with Gasteiger partial charge in [0.1, 0.15) is 18.3 Å². The van der Waals surface area contributed by atoms with Crippen LogP contribution in [0.1, 0.15) is 12.5 Å². The van der Waals surface area contributed by atoms with Crippen molar-refractivity contribution in [2.75, 3.05) is 18.6 Å². The van der Waals surface area contributed by atoms with E-state index in [2.05, 4.69) is 58.8 Å². The molecule has 122 valence electrons. The minimum Gasteiger partial charge on any atom is -0.388 e. The molecule has 4 nitrogen and oxygen atoms in total. The molecule has 0 radical (unpaired) electrons. The maximum atomic E-state index is 9.20. The van der Waals surface area contributed by atoms with Crippen LogP contribution in [0.25, 0.3) is 0 Å². The Morgan fingerprint density at radius 1 is 1.35 bits per heavy atom. The van der Waals surface area contributed by atoms with Gasteiger partial charge in [0.15, 0.2) is 0 Å². The maximum Gasteiger partial charge on any atom is 0.148 e. The molecule has 0 aromatic heterocycles. The molecular weight excluding hydrogens is 401 g/mol. The second-order valence-electron chi connectivity index (χ2n) is 5.59. The molecule has 0 bridgehead atoms. The highest BCUT2D eigenvalue weighted by molar-refractivity contribution is 14.1. The first-order chi connectivity index (χ1) is 11.1. The number of hydrogen-bond acceptors (Lipinski definition) is 2. The molecule has 2 unspecified atom stereocenters. The number of nitrogens with zero attached hydrogens (tertiary/aromatic N) is 2. The first-order valence-electron chi connectivity index (χ1n) is 7.57. The number of amidine groups is 2. The molecule has 1 aromatic carbocycles. The summed E-state index contributed by atoms with van der Waals surface area (Å²) in [4.78, 5) is 6.41. The van der Waals surface area contributed by atoms with E-state index in [0.29, 0.717) is 5.92 Å². The number of rotatable bonds is 4. The standard InChI is InChI=1S/C18H22IN3O/c1-13-6-3-4-9-16(13)18(21-17(20)12-23)22(2)15-8-5-7-14(10-15)11-19/h3-10,13,16,20,23H,11-12H2,1-2H3. The van der Waals surface area contributed by atoms with E-state index in [1.165, 1.54) is 5.56 Å². The van der Waals surface area contributed by atoms with Crippen molar-refractivity contribution in [2.45, 2.75) is 11.4 Å². The summed E-state index contributed by atoms with van der Waals surface area (Å²) in [6, 6.07) is 8.32. The first-order valence-corrected chi connectivity index (χ1v) is 9.10. The molecule has 23 heavy (non-hydrogen) atoms. The Labute approximate surface area is 151 Å². The third kappa shape index (κ3) is 4.51. The number of aliphatic hydroxyl groups excluding tert-OH is 1. The van der Waals surface area contributed by atoms with Crippen LogP contribution in [-0.4, -0.2) is 30.4 Å². The molecule has 2 rings (SSSR count). The van der Waals surface area contributed by atoms with E-state index >= 15 is 0 Å². The van der Waals surface area contributed by atoms with Crippen molar-refractivity contribution in [2.24, 2.45) is 16.8 Å². The first kappa shape index (κ1) is 17.9. The van der Waals surface area contributed by atoms with E-state index in [1.54, 1.807) is 0 Å². The smallest absolute Gasteiger partial charge is 0.148 e. The number of aliphatic imine (C=N–C) groups is 1. The van der Waals surface area contributed by atoms with Gasteiger partial charge in [-0.3, -0.25) is 5.41 Å². The molecule has 0 amide bonds. The molecule has 0 saturated carbocycles. The predicted molar refractivity (Wildman–Crippen MR) is 106 cm³/mol. The van der Waals surface area contributed by atoms with E-state index < -0.39 is 0 Å². The number of nitrogens with one attached hydrogen (secondary N) is 1. The largest absolute Gasteiger partial charge is 0.388 e. The number of allylic oxidation sites excluding steroid dienone is 3. The molecular formula is C18H22IN3O.